The summed E-state index contributed by atoms with van der Waals surface area (Å²) in [5.74, 6) is -0.0187. The van der Waals surface area contributed by atoms with Crippen LogP contribution in [0.4, 0.5) is 0 Å². The lowest BCUT2D eigenvalue weighted by Gasteiger charge is -2.28. The molecule has 3 N–H and O–H groups in total. The fourth-order valence-corrected chi connectivity index (χ4v) is 1.71. The van der Waals surface area contributed by atoms with E-state index in [9.17, 15) is 9.90 Å². The number of carbonyl (C=O) groups excluding carboxylic acids is 1. The van der Waals surface area contributed by atoms with Crippen LogP contribution >= 0.6 is 0 Å². The van der Waals surface area contributed by atoms with E-state index in [1.807, 2.05) is 27.7 Å². The minimum absolute atomic E-state index is 0.0187. The molecule has 0 bridgehead atoms. The highest BCUT2D eigenvalue weighted by molar-refractivity contribution is 5.81. The largest absolute Gasteiger partial charge is 0.392 e. The highest BCUT2D eigenvalue weighted by atomic mass is 16.3. The smallest absolute Gasteiger partial charge is 0.237 e. The summed E-state index contributed by atoms with van der Waals surface area (Å²) in [5, 5.41) is 16.0. The number of rotatable bonds is 7. The van der Waals surface area contributed by atoms with Crippen LogP contribution in [-0.4, -0.2) is 35.2 Å². The fraction of sp³-hybridized carbons (Fsp3) is 0.933. The molecule has 0 aliphatic heterocycles. The lowest BCUT2D eigenvalue weighted by molar-refractivity contribution is -0.124. The van der Waals surface area contributed by atoms with Crippen molar-refractivity contribution in [1.29, 1.82) is 0 Å². The summed E-state index contributed by atoms with van der Waals surface area (Å²) in [6.45, 7) is 14.6. The van der Waals surface area contributed by atoms with Gasteiger partial charge in [0.05, 0.1) is 12.1 Å². The molecule has 0 radical (unpaired) electrons. The Morgan fingerprint density at radius 1 is 1.21 bits per heavy atom. The van der Waals surface area contributed by atoms with E-state index < -0.39 is 6.10 Å². The lowest BCUT2D eigenvalue weighted by atomic mass is 9.89. The van der Waals surface area contributed by atoms with Crippen molar-refractivity contribution in [1.82, 2.24) is 10.6 Å². The maximum Gasteiger partial charge on any atom is 0.237 e. The number of hydrogen-bond acceptors (Lipinski definition) is 3. The molecule has 0 heterocycles. The van der Waals surface area contributed by atoms with E-state index in [1.165, 1.54) is 0 Å². The number of aliphatic hydroxyl groups excluding tert-OH is 1. The number of nitrogens with one attached hydrogen (secondary N) is 2. The van der Waals surface area contributed by atoms with Crippen LogP contribution < -0.4 is 10.6 Å². The Kier molecular flexibility index (Phi) is 7.01. The second kappa shape index (κ2) is 7.25. The van der Waals surface area contributed by atoms with E-state index in [1.54, 1.807) is 0 Å². The molecule has 0 aliphatic carbocycles. The average molecular weight is 272 g/mol. The summed E-state index contributed by atoms with van der Waals surface area (Å²) < 4.78 is 0. The Labute approximate surface area is 118 Å². The standard InChI is InChI=1S/C15H32N2O2/c1-8-15(6,7)17-13(19)11(2)16-10-12(18)9-14(3,4)5/h11-12,16,18H,8-10H2,1-7H3,(H,17,19). The van der Waals surface area contributed by atoms with Crippen molar-refractivity contribution in [2.45, 2.75) is 79.0 Å². The minimum atomic E-state index is -0.422. The zero-order valence-corrected chi connectivity index (χ0v) is 13.6. The van der Waals surface area contributed by atoms with E-state index in [0.717, 1.165) is 12.8 Å². The van der Waals surface area contributed by atoms with E-state index >= 15 is 0 Å². The SMILES string of the molecule is CCC(C)(C)NC(=O)C(C)NCC(O)CC(C)(C)C. The van der Waals surface area contributed by atoms with Crippen LogP contribution in [0, 0.1) is 5.41 Å². The predicted octanol–water partition coefficient (Wildman–Crippen LogP) is 2.07. The molecule has 2 atom stereocenters. The van der Waals surface area contributed by atoms with E-state index in [0.29, 0.717) is 6.54 Å². The van der Waals surface area contributed by atoms with Crippen LogP contribution in [0.15, 0.2) is 0 Å². The molecular formula is C15H32N2O2. The summed E-state index contributed by atoms with van der Waals surface area (Å²) in [6.07, 6.45) is 1.18. The Morgan fingerprint density at radius 3 is 2.16 bits per heavy atom. The highest BCUT2D eigenvalue weighted by Crippen LogP contribution is 2.20. The van der Waals surface area contributed by atoms with Gasteiger partial charge in [-0.2, -0.15) is 0 Å². The summed E-state index contributed by atoms with van der Waals surface area (Å²) in [7, 11) is 0. The Bertz CT molecular complexity index is 282. The van der Waals surface area contributed by atoms with Gasteiger partial charge in [0.2, 0.25) is 5.91 Å². The molecule has 0 saturated heterocycles. The zero-order chi connectivity index (χ0) is 15.3. The summed E-state index contributed by atoms with van der Waals surface area (Å²) >= 11 is 0. The minimum Gasteiger partial charge on any atom is -0.392 e. The first-order valence-corrected chi connectivity index (χ1v) is 7.20. The van der Waals surface area contributed by atoms with Crippen LogP contribution in [0.3, 0.4) is 0 Å². The molecule has 0 aromatic heterocycles. The van der Waals surface area contributed by atoms with Crippen LogP contribution in [0.2, 0.25) is 0 Å². The third-order valence-corrected chi connectivity index (χ3v) is 3.25. The molecule has 0 saturated carbocycles. The van der Waals surface area contributed by atoms with Gasteiger partial charge in [-0.05, 0) is 39.0 Å². The van der Waals surface area contributed by atoms with Crippen molar-refractivity contribution in [3.63, 3.8) is 0 Å². The lowest BCUT2D eigenvalue weighted by Crippen LogP contribution is -2.51. The van der Waals surface area contributed by atoms with Gasteiger partial charge in [-0.15, -0.1) is 0 Å². The molecule has 0 aliphatic rings. The molecule has 0 aromatic carbocycles. The first-order valence-electron chi connectivity index (χ1n) is 7.20. The van der Waals surface area contributed by atoms with Gasteiger partial charge in [0, 0.05) is 12.1 Å². The molecule has 4 nitrogen and oxygen atoms in total. The number of amides is 1. The summed E-state index contributed by atoms with van der Waals surface area (Å²) in [4.78, 5) is 12.0. The first-order chi connectivity index (χ1) is 8.47. The quantitative estimate of drug-likeness (QED) is 0.665. The van der Waals surface area contributed by atoms with Gasteiger partial charge in [-0.3, -0.25) is 4.79 Å². The average Bonchev–Trinajstić information content (AvgIpc) is 2.22. The molecular weight excluding hydrogens is 240 g/mol. The molecule has 1 amide bonds. The van der Waals surface area contributed by atoms with Crippen LogP contribution in [0.5, 0.6) is 0 Å². The predicted molar refractivity (Wildman–Crippen MR) is 80.1 cm³/mol. The molecule has 0 rings (SSSR count). The molecule has 2 unspecified atom stereocenters. The number of hydrogen-bond donors (Lipinski definition) is 3. The van der Waals surface area contributed by atoms with Crippen LogP contribution in [0.25, 0.3) is 0 Å². The monoisotopic (exact) mass is 272 g/mol. The number of aliphatic hydroxyl groups is 1. The van der Waals surface area contributed by atoms with Crippen molar-refractivity contribution in [2.75, 3.05) is 6.54 Å². The van der Waals surface area contributed by atoms with E-state index in [4.69, 9.17) is 0 Å². The van der Waals surface area contributed by atoms with Gasteiger partial charge in [0.15, 0.2) is 0 Å². The third-order valence-electron chi connectivity index (χ3n) is 3.25. The van der Waals surface area contributed by atoms with Crippen molar-refractivity contribution >= 4 is 5.91 Å². The van der Waals surface area contributed by atoms with Crippen LogP contribution in [0.1, 0.15) is 61.3 Å². The van der Waals surface area contributed by atoms with E-state index in [2.05, 4.69) is 31.4 Å². The molecule has 0 fully saturated rings. The highest BCUT2D eigenvalue weighted by Gasteiger charge is 2.23. The third kappa shape index (κ3) is 9.00. The van der Waals surface area contributed by atoms with Gasteiger partial charge in [-0.1, -0.05) is 27.7 Å². The summed E-state index contributed by atoms with van der Waals surface area (Å²) in [6, 6.07) is -0.291. The van der Waals surface area contributed by atoms with Gasteiger partial charge < -0.3 is 15.7 Å². The molecule has 0 aromatic rings. The molecule has 0 spiro atoms. The van der Waals surface area contributed by atoms with Crippen molar-refractivity contribution in [2.24, 2.45) is 5.41 Å². The topological polar surface area (TPSA) is 61.4 Å². The summed E-state index contributed by atoms with van der Waals surface area (Å²) in [5.41, 5.74) is -0.0894. The maximum absolute atomic E-state index is 12.0. The second-order valence-corrected chi connectivity index (χ2v) is 7.28. The van der Waals surface area contributed by atoms with Crippen molar-refractivity contribution < 1.29 is 9.90 Å². The fourth-order valence-electron chi connectivity index (χ4n) is 1.71. The van der Waals surface area contributed by atoms with Gasteiger partial charge in [-0.25, -0.2) is 0 Å². The van der Waals surface area contributed by atoms with Gasteiger partial charge >= 0.3 is 0 Å². The number of carbonyl (C=O) groups is 1. The van der Waals surface area contributed by atoms with Crippen molar-refractivity contribution in [3.8, 4) is 0 Å². The molecule has 114 valence electrons. The van der Waals surface area contributed by atoms with Gasteiger partial charge in [0.25, 0.3) is 0 Å². The first kappa shape index (κ1) is 18.4. The Morgan fingerprint density at radius 2 is 1.74 bits per heavy atom. The van der Waals surface area contributed by atoms with Crippen molar-refractivity contribution in [3.05, 3.63) is 0 Å². The molecule has 19 heavy (non-hydrogen) atoms. The maximum atomic E-state index is 12.0. The second-order valence-electron chi connectivity index (χ2n) is 7.28. The van der Waals surface area contributed by atoms with E-state index in [-0.39, 0.29) is 22.9 Å². The van der Waals surface area contributed by atoms with Gasteiger partial charge in [0.1, 0.15) is 0 Å². The normalized spacial score (nSPS) is 16.0. The Hall–Kier alpha value is -0.610. The van der Waals surface area contributed by atoms with Crippen LogP contribution in [-0.2, 0) is 4.79 Å². The molecule has 4 heteroatoms. The zero-order valence-electron chi connectivity index (χ0n) is 13.6. The Balaban J connectivity index is 4.11.